The molecule has 0 aliphatic heterocycles. The SMILES string of the molecule is COc1ccc(S(=O)(=O)NCCOCc2ccccc2)cc1F. The van der Waals surface area contributed by atoms with Crippen LogP contribution in [-0.2, 0) is 21.4 Å². The Morgan fingerprint density at radius 2 is 1.87 bits per heavy atom. The predicted molar refractivity (Wildman–Crippen MR) is 84.2 cm³/mol. The van der Waals surface area contributed by atoms with Crippen LogP contribution in [0.2, 0.25) is 0 Å². The van der Waals surface area contributed by atoms with E-state index in [0.29, 0.717) is 6.61 Å². The molecule has 0 aliphatic carbocycles. The lowest BCUT2D eigenvalue weighted by Gasteiger charge is -2.09. The lowest BCUT2D eigenvalue weighted by Crippen LogP contribution is -2.27. The van der Waals surface area contributed by atoms with Crippen LogP contribution in [0.25, 0.3) is 0 Å². The summed E-state index contributed by atoms with van der Waals surface area (Å²) in [5.74, 6) is -0.731. The highest BCUT2D eigenvalue weighted by Gasteiger charge is 2.16. The first-order valence-corrected chi connectivity index (χ1v) is 8.46. The number of nitrogens with one attached hydrogen (secondary N) is 1. The Hall–Kier alpha value is -1.96. The van der Waals surface area contributed by atoms with Crippen LogP contribution in [-0.4, -0.2) is 28.7 Å². The minimum absolute atomic E-state index is 0.00450. The Labute approximate surface area is 135 Å². The van der Waals surface area contributed by atoms with Crippen LogP contribution in [0.1, 0.15) is 5.56 Å². The number of methoxy groups -OCH3 is 1. The largest absolute Gasteiger partial charge is 0.494 e. The van der Waals surface area contributed by atoms with Crippen molar-refractivity contribution in [2.24, 2.45) is 0 Å². The molecule has 0 atom stereocenters. The molecule has 0 radical (unpaired) electrons. The zero-order valence-electron chi connectivity index (χ0n) is 12.7. The fourth-order valence-electron chi connectivity index (χ4n) is 1.91. The molecule has 0 saturated heterocycles. The Kier molecular flexibility index (Phi) is 6.09. The van der Waals surface area contributed by atoms with E-state index in [4.69, 9.17) is 9.47 Å². The van der Waals surface area contributed by atoms with Gasteiger partial charge >= 0.3 is 0 Å². The van der Waals surface area contributed by atoms with Crippen LogP contribution in [0.4, 0.5) is 4.39 Å². The summed E-state index contributed by atoms with van der Waals surface area (Å²) in [7, 11) is -2.46. The molecule has 1 N–H and O–H groups in total. The summed E-state index contributed by atoms with van der Waals surface area (Å²) < 4.78 is 50.2. The van der Waals surface area contributed by atoms with Crippen LogP contribution in [0.15, 0.2) is 53.4 Å². The van der Waals surface area contributed by atoms with E-state index in [1.807, 2.05) is 30.3 Å². The molecule has 23 heavy (non-hydrogen) atoms. The van der Waals surface area contributed by atoms with Crippen LogP contribution in [0.5, 0.6) is 5.75 Å². The van der Waals surface area contributed by atoms with Crippen molar-refractivity contribution >= 4 is 10.0 Å². The summed E-state index contributed by atoms with van der Waals surface area (Å²) in [6, 6.07) is 13.0. The molecule has 7 heteroatoms. The van der Waals surface area contributed by atoms with Crippen molar-refractivity contribution < 1.29 is 22.3 Å². The molecule has 2 rings (SSSR count). The highest BCUT2D eigenvalue weighted by molar-refractivity contribution is 7.89. The Morgan fingerprint density at radius 1 is 1.13 bits per heavy atom. The van der Waals surface area contributed by atoms with Gasteiger partial charge in [0.1, 0.15) is 0 Å². The fraction of sp³-hybridized carbons (Fsp3) is 0.250. The molecule has 0 heterocycles. The van der Waals surface area contributed by atoms with E-state index in [9.17, 15) is 12.8 Å². The molecule has 0 aliphatic rings. The minimum atomic E-state index is -3.78. The maximum Gasteiger partial charge on any atom is 0.240 e. The van der Waals surface area contributed by atoms with Crippen LogP contribution >= 0.6 is 0 Å². The monoisotopic (exact) mass is 339 g/mol. The number of benzene rings is 2. The smallest absolute Gasteiger partial charge is 0.240 e. The van der Waals surface area contributed by atoms with Crippen molar-refractivity contribution in [1.29, 1.82) is 0 Å². The van der Waals surface area contributed by atoms with E-state index in [1.165, 1.54) is 19.2 Å². The molecule has 124 valence electrons. The third-order valence-electron chi connectivity index (χ3n) is 3.08. The first-order valence-electron chi connectivity index (χ1n) is 6.98. The summed E-state index contributed by atoms with van der Waals surface area (Å²) in [4.78, 5) is -0.154. The highest BCUT2D eigenvalue weighted by atomic mass is 32.2. The van der Waals surface area contributed by atoms with E-state index < -0.39 is 15.8 Å². The van der Waals surface area contributed by atoms with Crippen LogP contribution < -0.4 is 9.46 Å². The summed E-state index contributed by atoms with van der Waals surface area (Å²) in [5.41, 5.74) is 1.01. The second-order valence-electron chi connectivity index (χ2n) is 4.73. The van der Waals surface area contributed by atoms with Gasteiger partial charge in [0.15, 0.2) is 11.6 Å². The second kappa shape index (κ2) is 8.05. The van der Waals surface area contributed by atoms with E-state index in [-0.39, 0.29) is 23.8 Å². The zero-order chi connectivity index (χ0) is 16.7. The average molecular weight is 339 g/mol. The summed E-state index contributed by atoms with van der Waals surface area (Å²) >= 11 is 0. The van der Waals surface area contributed by atoms with Crippen molar-refractivity contribution in [1.82, 2.24) is 4.72 Å². The van der Waals surface area contributed by atoms with E-state index >= 15 is 0 Å². The Bertz CT molecular complexity index is 735. The molecule has 2 aromatic rings. The van der Waals surface area contributed by atoms with Crippen molar-refractivity contribution in [2.75, 3.05) is 20.3 Å². The van der Waals surface area contributed by atoms with Gasteiger partial charge in [-0.3, -0.25) is 0 Å². The fourth-order valence-corrected chi connectivity index (χ4v) is 2.93. The number of rotatable bonds is 8. The van der Waals surface area contributed by atoms with Gasteiger partial charge in [-0.1, -0.05) is 30.3 Å². The van der Waals surface area contributed by atoms with Gasteiger partial charge in [-0.05, 0) is 23.8 Å². The van der Waals surface area contributed by atoms with E-state index in [1.54, 1.807) is 0 Å². The number of hydrogen-bond acceptors (Lipinski definition) is 4. The lowest BCUT2D eigenvalue weighted by molar-refractivity contribution is 0.126. The quantitative estimate of drug-likeness (QED) is 0.750. The van der Waals surface area contributed by atoms with Crippen molar-refractivity contribution in [2.45, 2.75) is 11.5 Å². The third kappa shape index (κ3) is 5.02. The summed E-state index contributed by atoms with van der Waals surface area (Å²) in [6.45, 7) is 0.718. The molecule has 0 unspecified atom stereocenters. The van der Waals surface area contributed by atoms with Gasteiger partial charge in [0.25, 0.3) is 0 Å². The van der Waals surface area contributed by atoms with Crippen molar-refractivity contribution in [3.8, 4) is 5.75 Å². The third-order valence-corrected chi connectivity index (χ3v) is 4.54. The van der Waals surface area contributed by atoms with Gasteiger partial charge < -0.3 is 9.47 Å². The first kappa shape index (κ1) is 17.4. The van der Waals surface area contributed by atoms with Crippen LogP contribution in [0, 0.1) is 5.82 Å². The van der Waals surface area contributed by atoms with Crippen molar-refractivity contribution in [3.63, 3.8) is 0 Å². The lowest BCUT2D eigenvalue weighted by atomic mass is 10.2. The molecule has 0 spiro atoms. The first-order chi connectivity index (χ1) is 11.0. The normalized spacial score (nSPS) is 11.4. The van der Waals surface area contributed by atoms with E-state index in [2.05, 4.69) is 4.72 Å². The topological polar surface area (TPSA) is 64.6 Å². The summed E-state index contributed by atoms with van der Waals surface area (Å²) in [5, 5.41) is 0. The minimum Gasteiger partial charge on any atom is -0.494 e. The van der Waals surface area contributed by atoms with Gasteiger partial charge in [-0.15, -0.1) is 0 Å². The zero-order valence-corrected chi connectivity index (χ0v) is 13.5. The van der Waals surface area contributed by atoms with E-state index in [0.717, 1.165) is 11.6 Å². The predicted octanol–water partition coefficient (Wildman–Crippen LogP) is 2.33. The molecule has 0 amide bonds. The molecule has 2 aromatic carbocycles. The molecule has 5 nitrogen and oxygen atoms in total. The van der Waals surface area contributed by atoms with Gasteiger partial charge in [-0.25, -0.2) is 17.5 Å². The van der Waals surface area contributed by atoms with Crippen LogP contribution in [0.3, 0.4) is 0 Å². The molecule has 0 saturated carbocycles. The Morgan fingerprint density at radius 3 is 2.52 bits per heavy atom. The van der Waals surface area contributed by atoms with Gasteiger partial charge in [-0.2, -0.15) is 0 Å². The molecular weight excluding hydrogens is 321 g/mol. The van der Waals surface area contributed by atoms with Gasteiger partial charge in [0.05, 0.1) is 25.2 Å². The maximum absolute atomic E-state index is 13.6. The highest BCUT2D eigenvalue weighted by Crippen LogP contribution is 2.20. The number of hydrogen-bond donors (Lipinski definition) is 1. The number of halogens is 1. The summed E-state index contributed by atoms with van der Waals surface area (Å²) in [6.07, 6.45) is 0. The number of ether oxygens (including phenoxy) is 2. The molecule has 0 bridgehead atoms. The van der Waals surface area contributed by atoms with Crippen molar-refractivity contribution in [3.05, 3.63) is 59.9 Å². The maximum atomic E-state index is 13.6. The Balaban J connectivity index is 1.83. The molecule has 0 fully saturated rings. The molecular formula is C16H18FNO4S. The second-order valence-corrected chi connectivity index (χ2v) is 6.50. The average Bonchev–Trinajstić information content (AvgIpc) is 2.55. The van der Waals surface area contributed by atoms with Gasteiger partial charge in [0.2, 0.25) is 10.0 Å². The standard InChI is InChI=1S/C16H18FNO4S/c1-21-16-8-7-14(11-15(16)17)23(19,20)18-9-10-22-12-13-5-3-2-4-6-13/h2-8,11,18H,9-10,12H2,1H3. The van der Waals surface area contributed by atoms with Gasteiger partial charge in [0, 0.05) is 6.54 Å². The number of sulfonamides is 1. The molecule has 0 aromatic heterocycles.